The van der Waals surface area contributed by atoms with Gasteiger partial charge in [-0.1, -0.05) is 6.07 Å². The van der Waals surface area contributed by atoms with Crippen LogP contribution in [-0.4, -0.2) is 13.1 Å². The van der Waals surface area contributed by atoms with E-state index in [2.05, 4.69) is 4.74 Å². The van der Waals surface area contributed by atoms with Gasteiger partial charge in [0.25, 0.3) is 0 Å². The predicted molar refractivity (Wildman–Crippen MR) is 56.3 cm³/mol. The summed E-state index contributed by atoms with van der Waals surface area (Å²) in [5, 5.41) is 0. The number of hydrogen-bond donors (Lipinski definition) is 0. The largest absolute Gasteiger partial charge is 0.469 e. The average molecular weight is 210 g/mol. The third kappa shape index (κ3) is 2.35. The first-order chi connectivity index (χ1) is 6.97. The van der Waals surface area contributed by atoms with Crippen molar-refractivity contribution in [2.45, 2.75) is 26.7 Å². The Balaban J connectivity index is 3.19. The lowest BCUT2D eigenvalue weighted by atomic mass is 9.94. The van der Waals surface area contributed by atoms with Gasteiger partial charge >= 0.3 is 5.97 Å². The minimum atomic E-state index is -0.560. The molecule has 0 aliphatic carbocycles. The zero-order chi connectivity index (χ0) is 11.6. The highest BCUT2D eigenvalue weighted by atomic mass is 19.1. The van der Waals surface area contributed by atoms with Gasteiger partial charge in [-0.15, -0.1) is 0 Å². The van der Waals surface area contributed by atoms with Crippen molar-refractivity contribution in [3.05, 3.63) is 34.6 Å². The summed E-state index contributed by atoms with van der Waals surface area (Å²) in [7, 11) is 1.31. The molecular formula is C12H15FO2. The molecule has 2 nitrogen and oxygen atoms in total. The lowest BCUT2D eigenvalue weighted by Crippen LogP contribution is -2.13. The number of aryl methyl sites for hydroxylation is 2. The molecule has 0 N–H and O–H groups in total. The quantitative estimate of drug-likeness (QED) is 0.701. The van der Waals surface area contributed by atoms with E-state index in [1.807, 2.05) is 13.0 Å². The summed E-state index contributed by atoms with van der Waals surface area (Å²) >= 11 is 0. The van der Waals surface area contributed by atoms with Crippen LogP contribution in [-0.2, 0) is 9.53 Å². The van der Waals surface area contributed by atoms with E-state index < -0.39 is 11.9 Å². The number of ether oxygens (including phenoxy) is 1. The van der Waals surface area contributed by atoms with Crippen molar-refractivity contribution in [3.63, 3.8) is 0 Å². The van der Waals surface area contributed by atoms with E-state index in [0.29, 0.717) is 5.56 Å². The first-order valence-electron chi connectivity index (χ1n) is 4.81. The molecule has 1 aromatic carbocycles. The van der Waals surface area contributed by atoms with Crippen LogP contribution in [0.3, 0.4) is 0 Å². The molecule has 0 bridgehead atoms. The number of rotatable bonds is 2. The molecule has 0 saturated heterocycles. The third-order valence-corrected chi connectivity index (χ3v) is 2.47. The van der Waals surface area contributed by atoms with Crippen LogP contribution in [0.15, 0.2) is 12.1 Å². The molecule has 15 heavy (non-hydrogen) atoms. The second-order valence-electron chi connectivity index (χ2n) is 3.72. The monoisotopic (exact) mass is 210 g/mol. The second kappa shape index (κ2) is 4.43. The highest BCUT2D eigenvalue weighted by Crippen LogP contribution is 2.25. The SMILES string of the molecule is COC(=O)C(C)c1c(C)cc(C)cc1F. The van der Waals surface area contributed by atoms with Crippen LogP contribution >= 0.6 is 0 Å². The van der Waals surface area contributed by atoms with E-state index in [9.17, 15) is 9.18 Å². The van der Waals surface area contributed by atoms with E-state index >= 15 is 0 Å². The second-order valence-corrected chi connectivity index (χ2v) is 3.72. The maximum atomic E-state index is 13.7. The zero-order valence-electron chi connectivity index (χ0n) is 9.43. The fourth-order valence-electron chi connectivity index (χ4n) is 1.77. The van der Waals surface area contributed by atoms with Gasteiger partial charge in [0.05, 0.1) is 13.0 Å². The van der Waals surface area contributed by atoms with Crippen LogP contribution in [0.5, 0.6) is 0 Å². The van der Waals surface area contributed by atoms with Crippen LogP contribution in [0.25, 0.3) is 0 Å². The Morgan fingerprint density at radius 2 is 2.00 bits per heavy atom. The molecule has 1 unspecified atom stereocenters. The minimum Gasteiger partial charge on any atom is -0.469 e. The van der Waals surface area contributed by atoms with Gasteiger partial charge in [-0.2, -0.15) is 0 Å². The minimum absolute atomic E-state index is 0.342. The van der Waals surface area contributed by atoms with Crippen LogP contribution in [0.2, 0.25) is 0 Å². The van der Waals surface area contributed by atoms with Gasteiger partial charge < -0.3 is 4.74 Å². The molecule has 0 radical (unpaired) electrons. The van der Waals surface area contributed by atoms with Crippen molar-refractivity contribution in [1.82, 2.24) is 0 Å². The Bertz CT molecular complexity index is 362. The number of hydrogen-bond acceptors (Lipinski definition) is 2. The fraction of sp³-hybridized carbons (Fsp3) is 0.417. The summed E-state index contributed by atoms with van der Waals surface area (Å²) in [5.41, 5.74) is 2.06. The van der Waals surface area contributed by atoms with Crippen molar-refractivity contribution in [2.75, 3.05) is 7.11 Å². The van der Waals surface area contributed by atoms with Crippen molar-refractivity contribution in [2.24, 2.45) is 0 Å². The van der Waals surface area contributed by atoms with Crippen molar-refractivity contribution >= 4 is 5.97 Å². The van der Waals surface area contributed by atoms with Gasteiger partial charge in [0.1, 0.15) is 5.82 Å². The molecule has 0 heterocycles. The molecule has 0 aliphatic rings. The Kier molecular flexibility index (Phi) is 3.45. The summed E-state index contributed by atoms with van der Waals surface area (Å²) in [6.07, 6.45) is 0. The van der Waals surface area contributed by atoms with Crippen LogP contribution in [0.4, 0.5) is 4.39 Å². The normalized spacial score (nSPS) is 12.3. The van der Waals surface area contributed by atoms with Crippen molar-refractivity contribution < 1.29 is 13.9 Å². The molecular weight excluding hydrogens is 195 g/mol. The van der Waals surface area contributed by atoms with Gasteiger partial charge in [0.15, 0.2) is 0 Å². The Morgan fingerprint density at radius 1 is 1.40 bits per heavy atom. The van der Waals surface area contributed by atoms with Crippen molar-refractivity contribution in [3.8, 4) is 0 Å². The Morgan fingerprint density at radius 3 is 2.47 bits per heavy atom. The Hall–Kier alpha value is -1.38. The molecule has 0 aromatic heterocycles. The highest BCUT2D eigenvalue weighted by molar-refractivity contribution is 5.78. The van der Waals surface area contributed by atoms with E-state index in [-0.39, 0.29) is 5.82 Å². The standard InChI is InChI=1S/C12H15FO2/c1-7-5-8(2)11(10(13)6-7)9(3)12(14)15-4/h5-6,9H,1-4H3. The number of halogens is 1. The molecule has 82 valence electrons. The topological polar surface area (TPSA) is 26.3 Å². The van der Waals surface area contributed by atoms with E-state index in [0.717, 1.165) is 11.1 Å². The summed E-state index contributed by atoms with van der Waals surface area (Å²) < 4.78 is 18.3. The van der Waals surface area contributed by atoms with Crippen LogP contribution in [0.1, 0.15) is 29.5 Å². The molecule has 0 spiro atoms. The van der Waals surface area contributed by atoms with Gasteiger partial charge in [-0.3, -0.25) is 4.79 Å². The van der Waals surface area contributed by atoms with Crippen molar-refractivity contribution in [1.29, 1.82) is 0 Å². The lowest BCUT2D eigenvalue weighted by molar-refractivity contribution is -0.142. The molecule has 1 aromatic rings. The molecule has 0 aliphatic heterocycles. The maximum Gasteiger partial charge on any atom is 0.312 e. The average Bonchev–Trinajstić information content (AvgIpc) is 2.14. The summed E-state index contributed by atoms with van der Waals surface area (Å²) in [4.78, 5) is 11.3. The number of methoxy groups -OCH3 is 1. The van der Waals surface area contributed by atoms with Gasteiger partial charge in [0.2, 0.25) is 0 Å². The zero-order valence-corrected chi connectivity index (χ0v) is 9.43. The van der Waals surface area contributed by atoms with E-state index in [1.54, 1.807) is 13.8 Å². The number of carbonyl (C=O) groups excluding carboxylic acids is 1. The maximum absolute atomic E-state index is 13.7. The number of benzene rings is 1. The van der Waals surface area contributed by atoms with Gasteiger partial charge in [-0.05, 0) is 38.0 Å². The predicted octanol–water partition coefficient (Wildman–Crippen LogP) is 2.72. The summed E-state index contributed by atoms with van der Waals surface area (Å²) in [6, 6.07) is 3.29. The van der Waals surface area contributed by atoms with Crippen LogP contribution < -0.4 is 0 Å². The molecule has 3 heteroatoms. The smallest absolute Gasteiger partial charge is 0.312 e. The molecule has 1 atom stereocenters. The van der Waals surface area contributed by atoms with Gasteiger partial charge in [-0.25, -0.2) is 4.39 Å². The third-order valence-electron chi connectivity index (χ3n) is 2.47. The first-order valence-corrected chi connectivity index (χ1v) is 4.81. The van der Waals surface area contributed by atoms with E-state index in [4.69, 9.17) is 0 Å². The van der Waals surface area contributed by atoms with Crippen LogP contribution in [0, 0.1) is 19.7 Å². The summed E-state index contributed by atoms with van der Waals surface area (Å²) in [5.74, 6) is -1.32. The molecule has 0 saturated carbocycles. The Labute approximate surface area is 89.1 Å². The molecule has 0 fully saturated rings. The highest BCUT2D eigenvalue weighted by Gasteiger charge is 2.21. The first kappa shape index (κ1) is 11.7. The fourth-order valence-corrected chi connectivity index (χ4v) is 1.77. The molecule has 1 rings (SSSR count). The number of carbonyl (C=O) groups is 1. The summed E-state index contributed by atoms with van der Waals surface area (Å²) in [6.45, 7) is 5.26. The van der Waals surface area contributed by atoms with E-state index in [1.165, 1.54) is 13.2 Å². The molecule has 0 amide bonds. The lowest BCUT2D eigenvalue weighted by Gasteiger charge is -2.14. The number of esters is 1. The van der Waals surface area contributed by atoms with Gasteiger partial charge in [0, 0.05) is 5.56 Å².